The summed E-state index contributed by atoms with van der Waals surface area (Å²) < 4.78 is 65.1. The van der Waals surface area contributed by atoms with Crippen LogP contribution in [0.25, 0.3) is 0 Å². The summed E-state index contributed by atoms with van der Waals surface area (Å²) in [5, 5.41) is 5.05. The van der Waals surface area contributed by atoms with Crippen molar-refractivity contribution in [3.8, 4) is 0 Å². The van der Waals surface area contributed by atoms with E-state index in [-0.39, 0.29) is 17.7 Å². The Balaban J connectivity index is 0.000000423. The summed E-state index contributed by atoms with van der Waals surface area (Å²) in [4.78, 5) is 28.6. The van der Waals surface area contributed by atoms with E-state index in [1.54, 1.807) is 31.1 Å². The first kappa shape index (κ1) is 30.8. The van der Waals surface area contributed by atoms with Gasteiger partial charge in [-0.05, 0) is 61.6 Å². The molecule has 204 valence electrons. The Morgan fingerprint density at radius 1 is 1.03 bits per heavy atom. The van der Waals surface area contributed by atoms with E-state index in [9.17, 15) is 31.5 Å². The van der Waals surface area contributed by atoms with Gasteiger partial charge in [0.05, 0.1) is 17.7 Å². The van der Waals surface area contributed by atoms with E-state index in [1.165, 1.54) is 38.1 Å². The molecular formula is C27H28F5N3O2S. The monoisotopic (exact) mass is 553 g/mol. The lowest BCUT2D eigenvalue weighted by Gasteiger charge is -2.23. The molecule has 1 amide bonds. The van der Waals surface area contributed by atoms with Crippen LogP contribution in [0.4, 0.5) is 33.3 Å². The van der Waals surface area contributed by atoms with Crippen molar-refractivity contribution in [3.63, 3.8) is 0 Å². The highest BCUT2D eigenvalue weighted by molar-refractivity contribution is 7.99. The third-order valence-electron chi connectivity index (χ3n) is 5.25. The third-order valence-corrected chi connectivity index (χ3v) is 6.11. The molecule has 0 aliphatic heterocycles. The number of amides is 1. The van der Waals surface area contributed by atoms with E-state index >= 15 is 0 Å². The van der Waals surface area contributed by atoms with Gasteiger partial charge in [0, 0.05) is 41.0 Å². The van der Waals surface area contributed by atoms with Crippen LogP contribution in [0.2, 0.25) is 0 Å². The van der Waals surface area contributed by atoms with E-state index in [1.807, 2.05) is 13.0 Å². The van der Waals surface area contributed by atoms with Crippen molar-refractivity contribution in [2.75, 3.05) is 23.4 Å². The topological polar surface area (TPSA) is 71.1 Å². The Labute approximate surface area is 222 Å². The molecule has 0 aliphatic carbocycles. The number of carbonyl (C=O) groups is 2. The molecule has 0 saturated heterocycles. The molecule has 0 radical (unpaired) electrons. The van der Waals surface area contributed by atoms with Crippen LogP contribution in [0.3, 0.4) is 0 Å². The van der Waals surface area contributed by atoms with Crippen LogP contribution in [-0.2, 0) is 27.6 Å². The van der Waals surface area contributed by atoms with Gasteiger partial charge in [-0.15, -0.1) is 11.8 Å². The molecule has 0 fully saturated rings. The number of anilines is 2. The minimum atomic E-state index is -4.65. The van der Waals surface area contributed by atoms with Crippen LogP contribution >= 0.6 is 11.8 Å². The summed E-state index contributed by atoms with van der Waals surface area (Å²) in [7, 11) is 1.58. The van der Waals surface area contributed by atoms with Gasteiger partial charge < -0.3 is 15.4 Å². The highest BCUT2D eigenvalue weighted by Gasteiger charge is 2.38. The summed E-state index contributed by atoms with van der Waals surface area (Å²) >= 11 is 1.62. The number of hydrogen-bond acceptors (Lipinski definition) is 5. The molecule has 11 heteroatoms. The summed E-state index contributed by atoms with van der Waals surface area (Å²) in [6, 6.07) is 10.4. The maximum atomic E-state index is 13.4. The Hall–Kier alpha value is -3.47. The van der Waals surface area contributed by atoms with Gasteiger partial charge in [-0.1, -0.05) is 13.0 Å². The van der Waals surface area contributed by atoms with Gasteiger partial charge >= 0.3 is 6.18 Å². The van der Waals surface area contributed by atoms with Crippen molar-refractivity contribution in [2.45, 2.75) is 43.7 Å². The highest BCUT2D eigenvalue weighted by Crippen LogP contribution is 2.38. The van der Waals surface area contributed by atoms with Crippen LogP contribution in [0.1, 0.15) is 37.6 Å². The molecule has 2 N–H and O–H groups in total. The molecule has 0 saturated carbocycles. The number of thioether (sulfide) groups is 1. The zero-order valence-electron chi connectivity index (χ0n) is 21.2. The minimum absolute atomic E-state index is 0.0148. The number of rotatable bonds is 8. The number of hydrogen-bond donors (Lipinski definition) is 2. The molecule has 0 unspecified atom stereocenters. The maximum absolute atomic E-state index is 13.4. The van der Waals surface area contributed by atoms with Gasteiger partial charge in [0.25, 0.3) is 0 Å². The molecule has 2 aromatic carbocycles. The molecule has 0 aliphatic rings. The van der Waals surface area contributed by atoms with Crippen molar-refractivity contribution in [3.05, 3.63) is 83.2 Å². The summed E-state index contributed by atoms with van der Waals surface area (Å²) in [6.07, 6.45) is -2.57. The number of halogens is 5. The number of aldehydes is 1. The Morgan fingerprint density at radius 2 is 1.74 bits per heavy atom. The lowest BCUT2D eigenvalue weighted by molar-refractivity contribution is -0.138. The van der Waals surface area contributed by atoms with Crippen LogP contribution in [0, 0.1) is 11.6 Å². The Bertz CT molecular complexity index is 1250. The molecule has 3 rings (SSSR count). The first-order valence-corrected chi connectivity index (χ1v) is 12.5. The number of carbonyl (C=O) groups excluding carboxylic acids is 2. The molecule has 1 heterocycles. The minimum Gasteiger partial charge on any atom is -0.386 e. The number of nitrogens with one attached hydrogen (secondary N) is 2. The lowest BCUT2D eigenvalue weighted by atomic mass is 9.82. The first-order valence-electron chi connectivity index (χ1n) is 11.5. The molecule has 3 aromatic rings. The second-order valence-electron chi connectivity index (χ2n) is 8.62. The van der Waals surface area contributed by atoms with Gasteiger partial charge in [-0.25, -0.2) is 8.78 Å². The lowest BCUT2D eigenvalue weighted by Crippen LogP contribution is -2.24. The highest BCUT2D eigenvalue weighted by atomic mass is 32.2. The zero-order valence-corrected chi connectivity index (χ0v) is 22.1. The summed E-state index contributed by atoms with van der Waals surface area (Å²) in [5.41, 5.74) is -1.54. The summed E-state index contributed by atoms with van der Waals surface area (Å²) in [6.45, 7) is 4.84. The molecule has 0 atom stereocenters. The zero-order chi connectivity index (χ0) is 28.5. The first-order chi connectivity index (χ1) is 17.8. The SMILES string of the molecule is CCSc1ccc(CC(=O)Nc2ccc(C(C)(C)C=O)c(C(F)(F)F)c2)nc1.CNc1ccc(F)cc1F. The van der Waals surface area contributed by atoms with E-state index in [2.05, 4.69) is 15.6 Å². The van der Waals surface area contributed by atoms with E-state index in [0.29, 0.717) is 17.7 Å². The number of pyridine rings is 1. The van der Waals surface area contributed by atoms with E-state index < -0.39 is 34.7 Å². The fourth-order valence-electron chi connectivity index (χ4n) is 3.31. The molecule has 1 aromatic heterocycles. The Morgan fingerprint density at radius 3 is 2.26 bits per heavy atom. The maximum Gasteiger partial charge on any atom is 0.416 e. The van der Waals surface area contributed by atoms with E-state index in [0.717, 1.165) is 22.8 Å². The fraction of sp³-hybridized carbons (Fsp3) is 0.296. The molecule has 38 heavy (non-hydrogen) atoms. The second-order valence-corrected chi connectivity index (χ2v) is 9.95. The van der Waals surface area contributed by atoms with Crippen molar-refractivity contribution >= 4 is 35.3 Å². The van der Waals surface area contributed by atoms with Crippen LogP contribution in [0.5, 0.6) is 0 Å². The molecule has 5 nitrogen and oxygen atoms in total. The number of nitrogens with zero attached hydrogens (tertiary/aromatic N) is 1. The number of aromatic nitrogens is 1. The smallest absolute Gasteiger partial charge is 0.386 e. The predicted molar refractivity (Wildman–Crippen MR) is 139 cm³/mol. The molecule has 0 spiro atoms. The van der Waals surface area contributed by atoms with Crippen molar-refractivity contribution in [1.29, 1.82) is 0 Å². The summed E-state index contributed by atoms with van der Waals surface area (Å²) in [5.74, 6) is -0.696. The van der Waals surface area contributed by atoms with Crippen LogP contribution < -0.4 is 10.6 Å². The van der Waals surface area contributed by atoms with Gasteiger partial charge in [0.2, 0.25) is 5.91 Å². The number of alkyl halides is 3. The van der Waals surface area contributed by atoms with Crippen LogP contribution in [-0.4, -0.2) is 30.0 Å². The molecule has 0 bridgehead atoms. The van der Waals surface area contributed by atoms with Gasteiger partial charge in [0.15, 0.2) is 0 Å². The normalized spacial score (nSPS) is 11.3. The van der Waals surface area contributed by atoms with Gasteiger partial charge in [-0.2, -0.15) is 13.2 Å². The van der Waals surface area contributed by atoms with Gasteiger partial charge in [0.1, 0.15) is 17.9 Å². The Kier molecular flexibility index (Phi) is 10.8. The average molecular weight is 554 g/mol. The number of benzene rings is 2. The van der Waals surface area contributed by atoms with Crippen molar-refractivity contribution < 1.29 is 31.5 Å². The second kappa shape index (κ2) is 13.4. The van der Waals surface area contributed by atoms with Crippen molar-refractivity contribution in [2.24, 2.45) is 0 Å². The largest absolute Gasteiger partial charge is 0.416 e. The van der Waals surface area contributed by atoms with Crippen LogP contribution in [0.15, 0.2) is 59.6 Å². The van der Waals surface area contributed by atoms with Crippen molar-refractivity contribution in [1.82, 2.24) is 4.98 Å². The standard InChI is InChI=1S/C20H21F3N2O2S.C7H7F2N/c1-4-28-15-7-5-13(24-11-15)10-18(27)25-14-6-8-16(19(2,3)12-26)17(9-14)20(21,22)23;1-10-7-3-2-5(8)4-6(7)9/h5-9,11-12H,4,10H2,1-3H3,(H,25,27);2-4,10H,1H3. The average Bonchev–Trinajstić information content (AvgIpc) is 2.85. The fourth-order valence-corrected chi connectivity index (χ4v) is 3.94. The van der Waals surface area contributed by atoms with E-state index in [4.69, 9.17) is 0 Å². The van der Waals surface area contributed by atoms with Gasteiger partial charge in [-0.3, -0.25) is 9.78 Å². The molecular weight excluding hydrogens is 525 g/mol. The third kappa shape index (κ3) is 8.83. The predicted octanol–water partition coefficient (Wildman–Crippen LogP) is 6.88. The quantitative estimate of drug-likeness (QED) is 0.181.